The summed E-state index contributed by atoms with van der Waals surface area (Å²) in [5, 5.41) is 2.10. The molecule has 0 aromatic carbocycles. The van der Waals surface area contributed by atoms with Gasteiger partial charge in [-0.25, -0.2) is 0 Å². The molecular formula is C12H22N2OS. The molecule has 1 rings (SSSR count). The summed E-state index contributed by atoms with van der Waals surface area (Å²) in [6, 6.07) is 2.20. The minimum absolute atomic E-state index is 0.0752. The van der Waals surface area contributed by atoms with Gasteiger partial charge < -0.3 is 4.74 Å². The largest absolute Gasteiger partial charge is 0.376 e. The van der Waals surface area contributed by atoms with E-state index in [0.717, 1.165) is 0 Å². The first kappa shape index (κ1) is 13.6. The Morgan fingerprint density at radius 1 is 1.50 bits per heavy atom. The third kappa shape index (κ3) is 3.04. The molecule has 0 aliphatic rings. The van der Waals surface area contributed by atoms with Crippen LogP contribution in [0.25, 0.3) is 0 Å². The molecule has 0 saturated heterocycles. The Balaban J connectivity index is 2.90. The Kier molecular flexibility index (Phi) is 5.41. The van der Waals surface area contributed by atoms with Gasteiger partial charge in [0.25, 0.3) is 0 Å². The lowest BCUT2D eigenvalue weighted by molar-refractivity contribution is 0.00274. The molecule has 1 heterocycles. The summed E-state index contributed by atoms with van der Waals surface area (Å²) in [5.74, 6) is 6.11. The molecule has 3 nitrogen and oxygen atoms in total. The third-order valence-electron chi connectivity index (χ3n) is 2.76. The van der Waals surface area contributed by atoms with E-state index in [4.69, 9.17) is 10.6 Å². The summed E-state index contributed by atoms with van der Waals surface area (Å²) >= 11 is 1.74. The summed E-state index contributed by atoms with van der Waals surface area (Å²) in [7, 11) is 0. The number of rotatable bonds is 6. The second-order valence-corrected chi connectivity index (χ2v) is 5.36. The van der Waals surface area contributed by atoms with E-state index in [-0.39, 0.29) is 12.1 Å². The normalized spacial score (nSPS) is 15.4. The molecule has 2 atom stereocenters. The van der Waals surface area contributed by atoms with E-state index in [0.29, 0.717) is 12.5 Å². The highest BCUT2D eigenvalue weighted by Crippen LogP contribution is 2.29. The van der Waals surface area contributed by atoms with E-state index in [1.807, 2.05) is 6.92 Å². The predicted molar refractivity (Wildman–Crippen MR) is 69.4 cm³/mol. The highest BCUT2D eigenvalue weighted by molar-refractivity contribution is 7.10. The van der Waals surface area contributed by atoms with Crippen molar-refractivity contribution in [3.05, 3.63) is 21.9 Å². The van der Waals surface area contributed by atoms with E-state index in [2.05, 4.69) is 37.6 Å². The first-order chi connectivity index (χ1) is 7.61. The molecule has 0 fully saturated rings. The Morgan fingerprint density at radius 2 is 2.19 bits per heavy atom. The highest BCUT2D eigenvalue weighted by atomic mass is 32.1. The molecule has 0 spiro atoms. The molecule has 1 aromatic rings. The van der Waals surface area contributed by atoms with Crippen LogP contribution in [0.5, 0.6) is 0 Å². The maximum atomic E-state index is 5.80. The monoisotopic (exact) mass is 242 g/mol. The van der Waals surface area contributed by atoms with Gasteiger partial charge >= 0.3 is 0 Å². The van der Waals surface area contributed by atoms with Crippen LogP contribution in [0.2, 0.25) is 0 Å². The second kappa shape index (κ2) is 6.35. The Morgan fingerprint density at radius 3 is 2.56 bits per heavy atom. The van der Waals surface area contributed by atoms with Gasteiger partial charge in [-0.1, -0.05) is 13.8 Å². The summed E-state index contributed by atoms with van der Waals surface area (Å²) in [6.07, 6.45) is 0.114. The average Bonchev–Trinajstić information content (AvgIpc) is 2.65. The minimum Gasteiger partial charge on any atom is -0.376 e. The zero-order chi connectivity index (χ0) is 12.1. The molecule has 3 N–H and O–H groups in total. The number of hydrogen-bond donors (Lipinski definition) is 2. The van der Waals surface area contributed by atoms with Gasteiger partial charge in [0, 0.05) is 11.5 Å². The molecule has 0 amide bonds. The van der Waals surface area contributed by atoms with Crippen LogP contribution in [-0.2, 0) is 4.74 Å². The molecule has 16 heavy (non-hydrogen) atoms. The van der Waals surface area contributed by atoms with Gasteiger partial charge in [-0.05, 0) is 36.8 Å². The lowest BCUT2D eigenvalue weighted by Crippen LogP contribution is -2.40. The van der Waals surface area contributed by atoms with Crippen molar-refractivity contribution < 1.29 is 4.74 Å². The standard InChI is InChI=1S/C12H22N2OS/c1-5-15-12(8(2)3)11(14-13)10-6-7-16-9(10)4/h6-8,11-12,14H,5,13H2,1-4H3. The molecule has 2 unspecified atom stereocenters. The van der Waals surface area contributed by atoms with Gasteiger partial charge in [0.1, 0.15) is 0 Å². The zero-order valence-electron chi connectivity index (χ0n) is 10.5. The van der Waals surface area contributed by atoms with E-state index in [1.165, 1.54) is 10.4 Å². The maximum absolute atomic E-state index is 5.80. The highest BCUT2D eigenvalue weighted by Gasteiger charge is 2.27. The quantitative estimate of drug-likeness (QED) is 0.595. The number of hydrazine groups is 1. The molecule has 0 radical (unpaired) electrons. The number of nitrogens with two attached hydrogens (primary N) is 1. The fraction of sp³-hybridized carbons (Fsp3) is 0.667. The summed E-state index contributed by atoms with van der Waals surface area (Å²) in [4.78, 5) is 1.30. The number of thiophene rings is 1. The molecule has 0 aliphatic carbocycles. The molecule has 0 bridgehead atoms. The molecule has 92 valence electrons. The van der Waals surface area contributed by atoms with E-state index in [9.17, 15) is 0 Å². The summed E-state index contributed by atoms with van der Waals surface area (Å²) in [6.45, 7) is 9.17. The van der Waals surface area contributed by atoms with Crippen LogP contribution in [0, 0.1) is 12.8 Å². The molecular weight excluding hydrogens is 220 g/mol. The molecule has 1 aromatic heterocycles. The minimum atomic E-state index is 0.0752. The number of hydrogen-bond acceptors (Lipinski definition) is 4. The van der Waals surface area contributed by atoms with Crippen molar-refractivity contribution in [2.24, 2.45) is 11.8 Å². The van der Waals surface area contributed by atoms with Crippen LogP contribution in [0.1, 0.15) is 37.3 Å². The predicted octanol–water partition coefficient (Wildman–Crippen LogP) is 2.62. The number of nitrogens with one attached hydrogen (secondary N) is 1. The van der Waals surface area contributed by atoms with Gasteiger partial charge in [-0.15, -0.1) is 11.3 Å². The second-order valence-electron chi connectivity index (χ2n) is 4.24. The summed E-state index contributed by atoms with van der Waals surface area (Å²) < 4.78 is 5.80. The van der Waals surface area contributed by atoms with Crippen molar-refractivity contribution in [1.82, 2.24) is 5.43 Å². The van der Waals surface area contributed by atoms with Crippen molar-refractivity contribution in [1.29, 1.82) is 0 Å². The van der Waals surface area contributed by atoms with Crippen molar-refractivity contribution in [2.75, 3.05) is 6.61 Å². The van der Waals surface area contributed by atoms with Crippen molar-refractivity contribution in [3.63, 3.8) is 0 Å². The van der Waals surface area contributed by atoms with Crippen LogP contribution in [0.15, 0.2) is 11.4 Å². The van der Waals surface area contributed by atoms with E-state index >= 15 is 0 Å². The number of aryl methyl sites for hydroxylation is 1. The Labute approximate surface area is 102 Å². The fourth-order valence-corrected chi connectivity index (χ4v) is 2.69. The SMILES string of the molecule is CCOC(C(C)C)C(NN)c1ccsc1C. The third-order valence-corrected chi connectivity index (χ3v) is 3.62. The maximum Gasteiger partial charge on any atom is 0.0805 e. The van der Waals surface area contributed by atoms with Crippen LogP contribution >= 0.6 is 11.3 Å². The Bertz CT molecular complexity index is 312. The molecule has 0 saturated carbocycles. The van der Waals surface area contributed by atoms with Gasteiger partial charge in [0.05, 0.1) is 12.1 Å². The topological polar surface area (TPSA) is 47.3 Å². The Hall–Kier alpha value is -0.420. The lowest BCUT2D eigenvalue weighted by Gasteiger charge is -2.29. The summed E-state index contributed by atoms with van der Waals surface area (Å²) in [5.41, 5.74) is 4.14. The first-order valence-electron chi connectivity index (χ1n) is 5.73. The van der Waals surface area contributed by atoms with Crippen LogP contribution in [0.4, 0.5) is 0 Å². The first-order valence-corrected chi connectivity index (χ1v) is 6.61. The average molecular weight is 242 g/mol. The van der Waals surface area contributed by atoms with Crippen LogP contribution < -0.4 is 11.3 Å². The van der Waals surface area contributed by atoms with E-state index in [1.54, 1.807) is 11.3 Å². The van der Waals surface area contributed by atoms with Crippen LogP contribution in [-0.4, -0.2) is 12.7 Å². The van der Waals surface area contributed by atoms with Crippen LogP contribution in [0.3, 0.4) is 0 Å². The fourth-order valence-electron chi connectivity index (χ4n) is 1.95. The lowest BCUT2D eigenvalue weighted by atomic mass is 9.94. The van der Waals surface area contributed by atoms with Crippen molar-refractivity contribution >= 4 is 11.3 Å². The van der Waals surface area contributed by atoms with Gasteiger partial charge in [-0.2, -0.15) is 0 Å². The zero-order valence-corrected chi connectivity index (χ0v) is 11.3. The number of ether oxygens (including phenoxy) is 1. The molecule has 4 heteroatoms. The van der Waals surface area contributed by atoms with Crippen molar-refractivity contribution in [3.8, 4) is 0 Å². The molecule has 0 aliphatic heterocycles. The smallest absolute Gasteiger partial charge is 0.0805 e. The van der Waals surface area contributed by atoms with Gasteiger partial charge in [-0.3, -0.25) is 11.3 Å². The van der Waals surface area contributed by atoms with Gasteiger partial charge in [0.15, 0.2) is 0 Å². The van der Waals surface area contributed by atoms with Crippen molar-refractivity contribution in [2.45, 2.75) is 39.8 Å². The van der Waals surface area contributed by atoms with E-state index < -0.39 is 0 Å². The van der Waals surface area contributed by atoms with Gasteiger partial charge in [0.2, 0.25) is 0 Å².